The van der Waals surface area contributed by atoms with Crippen molar-refractivity contribution in [2.24, 2.45) is 0 Å². The molecule has 0 aromatic rings. The van der Waals surface area contributed by atoms with Crippen molar-refractivity contribution in [1.29, 1.82) is 0 Å². The first-order valence-electron chi connectivity index (χ1n) is 6.26. The van der Waals surface area contributed by atoms with Crippen molar-refractivity contribution < 1.29 is 19.4 Å². The van der Waals surface area contributed by atoms with Crippen LogP contribution < -0.4 is 0 Å². The average Bonchev–Trinajstić information content (AvgIpc) is 3.11. The maximum Gasteiger partial charge on any atom is 0.332 e. The van der Waals surface area contributed by atoms with Crippen molar-refractivity contribution in [3.63, 3.8) is 0 Å². The van der Waals surface area contributed by atoms with Crippen LogP contribution in [0.3, 0.4) is 0 Å². The molecule has 1 atom stereocenters. The number of aliphatic carboxylic acids is 1. The van der Waals surface area contributed by atoms with Crippen LogP contribution in [-0.2, 0) is 14.3 Å². The Kier molecular flexibility index (Phi) is 6.47. The van der Waals surface area contributed by atoms with E-state index in [1.54, 1.807) is 7.11 Å². The third-order valence-corrected chi connectivity index (χ3v) is 2.97. The molecule has 0 amide bonds. The molecule has 1 rings (SSSR count). The molecule has 100 valence electrons. The Balaban J connectivity index is 2.30. The van der Waals surface area contributed by atoms with Crippen molar-refractivity contribution >= 4 is 5.97 Å². The summed E-state index contributed by atoms with van der Waals surface area (Å²) in [6.45, 7) is 4.60. The molecule has 0 radical (unpaired) electrons. The van der Waals surface area contributed by atoms with Crippen LogP contribution in [0.4, 0.5) is 0 Å². The molecule has 1 aliphatic rings. The van der Waals surface area contributed by atoms with Crippen molar-refractivity contribution in [2.75, 3.05) is 33.4 Å². The highest BCUT2D eigenvalue weighted by molar-refractivity contribution is 5.72. The van der Waals surface area contributed by atoms with Gasteiger partial charge in [0.25, 0.3) is 0 Å². The van der Waals surface area contributed by atoms with Gasteiger partial charge in [-0.3, -0.25) is 4.90 Å². The van der Waals surface area contributed by atoms with Gasteiger partial charge in [-0.1, -0.05) is 0 Å². The van der Waals surface area contributed by atoms with E-state index in [2.05, 4.69) is 4.90 Å². The van der Waals surface area contributed by atoms with E-state index in [-0.39, 0.29) is 0 Å². The lowest BCUT2D eigenvalue weighted by molar-refractivity contribution is -0.150. The summed E-state index contributed by atoms with van der Waals surface area (Å²) >= 11 is 0. The zero-order valence-electron chi connectivity index (χ0n) is 10.7. The fourth-order valence-corrected chi connectivity index (χ4v) is 1.89. The molecule has 17 heavy (non-hydrogen) atoms. The molecule has 5 heteroatoms. The van der Waals surface area contributed by atoms with Gasteiger partial charge in [-0.25, -0.2) is 4.79 Å². The van der Waals surface area contributed by atoms with Gasteiger partial charge in [-0.2, -0.15) is 0 Å². The van der Waals surface area contributed by atoms with Gasteiger partial charge in [-0.15, -0.1) is 0 Å². The van der Waals surface area contributed by atoms with Crippen LogP contribution in [0.5, 0.6) is 0 Å². The van der Waals surface area contributed by atoms with E-state index >= 15 is 0 Å². The summed E-state index contributed by atoms with van der Waals surface area (Å²) < 4.78 is 10.3. The molecule has 1 unspecified atom stereocenters. The lowest BCUT2D eigenvalue weighted by Crippen LogP contribution is -2.35. The molecular formula is C12H23NO4. The highest BCUT2D eigenvalue weighted by atomic mass is 16.5. The SMILES string of the molecule is CCOC(CCN(CCOC)C1CC1)C(=O)O. The third kappa shape index (κ3) is 5.48. The Morgan fingerprint density at radius 2 is 2.18 bits per heavy atom. The maximum absolute atomic E-state index is 10.9. The Morgan fingerprint density at radius 1 is 1.47 bits per heavy atom. The number of ether oxygens (including phenoxy) is 2. The molecule has 0 saturated heterocycles. The lowest BCUT2D eigenvalue weighted by atomic mass is 10.2. The molecule has 0 heterocycles. The molecule has 5 nitrogen and oxygen atoms in total. The van der Waals surface area contributed by atoms with Crippen LogP contribution in [0.25, 0.3) is 0 Å². The molecule has 0 aromatic carbocycles. The predicted octanol–water partition coefficient (Wildman–Crippen LogP) is 0.977. The molecule has 1 aliphatic carbocycles. The summed E-state index contributed by atoms with van der Waals surface area (Å²) in [5, 5.41) is 8.98. The number of hydrogen-bond donors (Lipinski definition) is 1. The number of hydrogen-bond acceptors (Lipinski definition) is 4. The molecule has 0 spiro atoms. The Labute approximate surface area is 103 Å². The van der Waals surface area contributed by atoms with Gasteiger partial charge in [0.1, 0.15) is 0 Å². The standard InChI is InChI=1S/C12H23NO4/c1-3-17-11(12(14)15)6-7-13(8-9-16-2)10-4-5-10/h10-11H,3-9H2,1-2H3,(H,14,15). The van der Waals surface area contributed by atoms with Crippen LogP contribution in [0.15, 0.2) is 0 Å². The monoisotopic (exact) mass is 245 g/mol. The zero-order valence-corrected chi connectivity index (χ0v) is 10.7. The first-order chi connectivity index (χ1) is 8.19. The quantitative estimate of drug-likeness (QED) is 0.621. The molecular weight excluding hydrogens is 222 g/mol. The number of nitrogens with zero attached hydrogens (tertiary/aromatic N) is 1. The molecule has 1 N–H and O–H groups in total. The van der Waals surface area contributed by atoms with Crippen molar-refractivity contribution in [3.05, 3.63) is 0 Å². The summed E-state index contributed by atoms with van der Waals surface area (Å²) in [7, 11) is 1.69. The van der Waals surface area contributed by atoms with Crippen LogP contribution in [-0.4, -0.2) is 61.5 Å². The Bertz CT molecular complexity index is 231. The highest BCUT2D eigenvalue weighted by Crippen LogP contribution is 2.26. The van der Waals surface area contributed by atoms with E-state index in [1.807, 2.05) is 6.92 Å². The van der Waals surface area contributed by atoms with E-state index in [9.17, 15) is 4.79 Å². The Hall–Kier alpha value is -0.650. The molecule has 0 aliphatic heterocycles. The van der Waals surface area contributed by atoms with Crippen LogP contribution in [0, 0.1) is 0 Å². The maximum atomic E-state index is 10.9. The molecule has 1 fully saturated rings. The van der Waals surface area contributed by atoms with E-state index < -0.39 is 12.1 Å². The summed E-state index contributed by atoms with van der Waals surface area (Å²) in [6.07, 6.45) is 2.30. The minimum Gasteiger partial charge on any atom is -0.479 e. The second kappa shape index (κ2) is 7.63. The third-order valence-electron chi connectivity index (χ3n) is 2.97. The van der Waals surface area contributed by atoms with Gasteiger partial charge >= 0.3 is 5.97 Å². The fourth-order valence-electron chi connectivity index (χ4n) is 1.89. The van der Waals surface area contributed by atoms with Crippen molar-refractivity contribution in [2.45, 2.75) is 38.3 Å². The number of methoxy groups -OCH3 is 1. The number of carbonyl (C=O) groups is 1. The summed E-state index contributed by atoms with van der Waals surface area (Å²) in [5.74, 6) is -0.866. The highest BCUT2D eigenvalue weighted by Gasteiger charge is 2.29. The number of rotatable bonds is 10. The summed E-state index contributed by atoms with van der Waals surface area (Å²) in [6, 6.07) is 0.626. The van der Waals surface area contributed by atoms with E-state index in [1.165, 1.54) is 12.8 Å². The Morgan fingerprint density at radius 3 is 2.65 bits per heavy atom. The van der Waals surface area contributed by atoms with Gasteiger partial charge < -0.3 is 14.6 Å². The topological polar surface area (TPSA) is 59.0 Å². The second-order valence-corrected chi connectivity index (χ2v) is 4.33. The second-order valence-electron chi connectivity index (χ2n) is 4.33. The largest absolute Gasteiger partial charge is 0.479 e. The van der Waals surface area contributed by atoms with E-state index in [4.69, 9.17) is 14.6 Å². The van der Waals surface area contributed by atoms with Gasteiger partial charge in [0.2, 0.25) is 0 Å². The number of carboxylic acid groups (broad SMARTS) is 1. The average molecular weight is 245 g/mol. The normalized spacial score (nSPS) is 17.4. The molecule has 0 aromatic heterocycles. The molecule has 0 bridgehead atoms. The van der Waals surface area contributed by atoms with Crippen LogP contribution in [0.2, 0.25) is 0 Å². The van der Waals surface area contributed by atoms with Gasteiger partial charge in [0, 0.05) is 32.8 Å². The zero-order chi connectivity index (χ0) is 12.7. The van der Waals surface area contributed by atoms with Crippen molar-refractivity contribution in [3.8, 4) is 0 Å². The minimum atomic E-state index is -0.866. The predicted molar refractivity (Wildman–Crippen MR) is 64.1 cm³/mol. The van der Waals surface area contributed by atoms with E-state index in [0.717, 1.165) is 13.1 Å². The van der Waals surface area contributed by atoms with Crippen LogP contribution >= 0.6 is 0 Å². The fraction of sp³-hybridized carbons (Fsp3) is 0.917. The van der Waals surface area contributed by atoms with Crippen LogP contribution in [0.1, 0.15) is 26.2 Å². The van der Waals surface area contributed by atoms with Gasteiger partial charge in [0.15, 0.2) is 6.10 Å². The first-order valence-corrected chi connectivity index (χ1v) is 6.26. The lowest BCUT2D eigenvalue weighted by Gasteiger charge is -2.23. The van der Waals surface area contributed by atoms with Gasteiger partial charge in [-0.05, 0) is 26.2 Å². The van der Waals surface area contributed by atoms with Gasteiger partial charge in [0.05, 0.1) is 6.61 Å². The minimum absolute atomic E-state index is 0.443. The summed E-state index contributed by atoms with van der Waals surface area (Å²) in [5.41, 5.74) is 0. The first kappa shape index (κ1) is 14.4. The van der Waals surface area contributed by atoms with Crippen molar-refractivity contribution in [1.82, 2.24) is 4.90 Å². The van der Waals surface area contributed by atoms with E-state index in [0.29, 0.717) is 25.7 Å². The smallest absolute Gasteiger partial charge is 0.332 e. The number of carboxylic acids is 1. The summed E-state index contributed by atoms with van der Waals surface area (Å²) in [4.78, 5) is 13.2. The molecule has 1 saturated carbocycles.